The molecule has 0 aliphatic carbocycles. The predicted molar refractivity (Wildman–Crippen MR) is 165 cm³/mol. The van der Waals surface area contributed by atoms with Gasteiger partial charge in [-0.15, -0.1) is 0 Å². The smallest absolute Gasteiger partial charge is 0.359 e. The Morgan fingerprint density at radius 3 is 2.45 bits per heavy atom. The molecule has 42 heavy (non-hydrogen) atoms. The number of fused-ring (bicyclic) bond motifs is 1. The van der Waals surface area contributed by atoms with Crippen molar-refractivity contribution in [3.63, 3.8) is 0 Å². The second-order valence-corrected chi connectivity index (χ2v) is 10.8. The minimum Gasteiger partial charge on any atom is -0.492 e. The fourth-order valence-electron chi connectivity index (χ4n) is 5.07. The number of anilines is 1. The van der Waals surface area contributed by atoms with E-state index in [1.165, 1.54) is 0 Å². The molecular weight excluding hydrogens is 547 g/mol. The van der Waals surface area contributed by atoms with Crippen molar-refractivity contribution in [3.05, 3.63) is 107 Å². The lowest BCUT2D eigenvalue weighted by Crippen LogP contribution is -2.44. The Morgan fingerprint density at radius 1 is 0.976 bits per heavy atom. The number of nitrogens with zero attached hydrogens (tertiary/aromatic N) is 2. The van der Waals surface area contributed by atoms with Crippen LogP contribution >= 0.6 is 11.6 Å². The molecule has 2 radical (unpaired) electrons. The maximum Gasteiger partial charge on any atom is 0.359 e. The number of nitrogens with one attached hydrogen (secondary N) is 2. The number of halogens is 1. The fourth-order valence-corrected chi connectivity index (χ4v) is 5.33. The minimum absolute atomic E-state index is 0.0265. The van der Waals surface area contributed by atoms with Crippen LogP contribution in [0.5, 0.6) is 5.75 Å². The summed E-state index contributed by atoms with van der Waals surface area (Å²) in [4.78, 5) is 29.3. The standard InChI is InChI=1S/C33H32BClN4O3/c34-33(41)36-17-9-1-2-10-18-42-30-16-15-24(19-26(30)35)21-28-32(40)39-22-29(25-13-7-4-8-14-25)37-27(31(39)38-28)20-23-11-5-3-6-12-23/h3-8,11-16,19,22,28H,1-2,9-10,17-18,20-21H2,(H,36,41)/p+1. The van der Waals surface area contributed by atoms with Gasteiger partial charge in [-0.25, -0.2) is 9.78 Å². The van der Waals surface area contributed by atoms with Crippen LogP contribution in [0.25, 0.3) is 11.3 Å². The number of hydrogen-bond donors (Lipinski definition) is 2. The summed E-state index contributed by atoms with van der Waals surface area (Å²) in [6.45, 7) is 1.14. The summed E-state index contributed by atoms with van der Waals surface area (Å²) in [5.74, 6) is 0.835. The number of carbonyl (C=O) groups excluding carboxylic acids is 2. The largest absolute Gasteiger partial charge is 0.492 e. The van der Waals surface area contributed by atoms with E-state index < -0.39 is 11.8 Å². The molecule has 1 amide bonds. The molecule has 0 saturated carbocycles. The van der Waals surface area contributed by atoms with Crippen molar-refractivity contribution < 1.29 is 18.9 Å². The van der Waals surface area contributed by atoms with E-state index in [4.69, 9.17) is 29.2 Å². The van der Waals surface area contributed by atoms with Gasteiger partial charge in [0.25, 0.3) is 0 Å². The van der Waals surface area contributed by atoms with E-state index in [0.717, 1.165) is 59.6 Å². The summed E-state index contributed by atoms with van der Waals surface area (Å²) in [5, 5.41) is 6.56. The van der Waals surface area contributed by atoms with Crippen LogP contribution in [0.2, 0.25) is 5.02 Å². The lowest BCUT2D eigenvalue weighted by Gasteiger charge is -2.10. The Labute approximate surface area is 252 Å². The Morgan fingerprint density at radius 2 is 1.71 bits per heavy atom. The van der Waals surface area contributed by atoms with Crippen molar-refractivity contribution in [2.24, 2.45) is 0 Å². The highest BCUT2D eigenvalue weighted by Crippen LogP contribution is 2.28. The predicted octanol–water partition coefficient (Wildman–Crippen LogP) is 5.77. The highest BCUT2D eigenvalue weighted by atomic mass is 35.5. The van der Waals surface area contributed by atoms with E-state index >= 15 is 0 Å². The summed E-state index contributed by atoms with van der Waals surface area (Å²) < 4.78 is 7.60. The lowest BCUT2D eigenvalue weighted by molar-refractivity contribution is -0.552. The molecule has 0 fully saturated rings. The normalized spacial score (nSPS) is 13.8. The first-order chi connectivity index (χ1) is 20.5. The Bertz CT molecular complexity index is 1540. The molecule has 2 heterocycles. The van der Waals surface area contributed by atoms with Gasteiger partial charge in [0.1, 0.15) is 23.3 Å². The fraction of sp³-hybridized carbons (Fsp3) is 0.273. The van der Waals surface area contributed by atoms with Gasteiger partial charge in [-0.1, -0.05) is 91.2 Å². The van der Waals surface area contributed by atoms with Gasteiger partial charge in [0, 0.05) is 24.9 Å². The molecule has 5 rings (SSSR count). The van der Waals surface area contributed by atoms with Crippen molar-refractivity contribution in [1.29, 1.82) is 0 Å². The third kappa shape index (κ3) is 7.56. The minimum atomic E-state index is -0.491. The van der Waals surface area contributed by atoms with E-state index in [1.54, 1.807) is 4.57 Å². The topological polar surface area (TPSA) is 84.2 Å². The van der Waals surface area contributed by atoms with Gasteiger partial charge in [-0.3, -0.25) is 10.1 Å². The molecule has 1 aliphatic rings. The number of carbonyl (C=O) groups is 2. The molecule has 1 unspecified atom stereocenters. The molecule has 7 nitrogen and oxygen atoms in total. The van der Waals surface area contributed by atoms with Gasteiger partial charge < -0.3 is 10.1 Å². The quantitative estimate of drug-likeness (QED) is 0.119. The second-order valence-electron chi connectivity index (χ2n) is 10.4. The van der Waals surface area contributed by atoms with Crippen LogP contribution in [-0.4, -0.2) is 43.7 Å². The van der Waals surface area contributed by atoms with Crippen LogP contribution in [0.3, 0.4) is 0 Å². The van der Waals surface area contributed by atoms with E-state index in [-0.39, 0.29) is 5.91 Å². The monoisotopic (exact) mass is 579 g/mol. The molecule has 9 heteroatoms. The van der Waals surface area contributed by atoms with Gasteiger partial charge in [0.15, 0.2) is 19.7 Å². The first kappa shape index (κ1) is 29.3. The van der Waals surface area contributed by atoms with Crippen molar-refractivity contribution in [1.82, 2.24) is 10.3 Å². The second kappa shape index (κ2) is 14.1. The van der Waals surface area contributed by atoms with Crippen LogP contribution in [0, 0.1) is 0 Å². The number of benzene rings is 3. The van der Waals surface area contributed by atoms with Crippen molar-refractivity contribution in [2.45, 2.75) is 44.6 Å². The molecule has 212 valence electrons. The summed E-state index contributed by atoms with van der Waals surface area (Å²) >= 11 is 6.56. The summed E-state index contributed by atoms with van der Waals surface area (Å²) in [5.41, 5.74) is 4.60. The van der Waals surface area contributed by atoms with Crippen molar-refractivity contribution in [3.8, 4) is 17.0 Å². The van der Waals surface area contributed by atoms with Crippen molar-refractivity contribution in [2.75, 3.05) is 18.5 Å². The highest BCUT2D eigenvalue weighted by Gasteiger charge is 2.41. The zero-order valence-corrected chi connectivity index (χ0v) is 24.1. The molecule has 0 bridgehead atoms. The van der Waals surface area contributed by atoms with Crippen molar-refractivity contribution >= 4 is 37.0 Å². The number of rotatable bonds is 13. The van der Waals surface area contributed by atoms with Crippen LogP contribution in [0.4, 0.5) is 10.6 Å². The average molecular weight is 580 g/mol. The molecule has 1 aromatic heterocycles. The molecule has 2 N–H and O–H groups in total. The van der Waals surface area contributed by atoms with Gasteiger partial charge >= 0.3 is 11.7 Å². The zero-order valence-electron chi connectivity index (χ0n) is 23.4. The summed E-state index contributed by atoms with van der Waals surface area (Å²) in [6.07, 6.45) is 6.64. The number of amides is 1. The van der Waals surface area contributed by atoms with Crippen LogP contribution in [0.15, 0.2) is 85.1 Å². The van der Waals surface area contributed by atoms with E-state index in [2.05, 4.69) is 22.8 Å². The number of ether oxygens (including phenoxy) is 1. The number of hydrogen-bond acceptors (Lipinski definition) is 5. The van der Waals surface area contributed by atoms with Gasteiger partial charge in [0.05, 0.1) is 11.6 Å². The molecular formula is C33H33BClN4O3+. The van der Waals surface area contributed by atoms with Gasteiger partial charge in [-0.2, -0.15) is 4.57 Å². The maximum atomic E-state index is 13.6. The van der Waals surface area contributed by atoms with Crippen LogP contribution in [-0.2, 0) is 12.8 Å². The molecule has 1 atom stereocenters. The molecule has 0 spiro atoms. The highest BCUT2D eigenvalue weighted by molar-refractivity contribution is 6.57. The molecule has 4 aromatic rings. The Hall–Kier alpha value is -4.17. The van der Waals surface area contributed by atoms with Crippen LogP contribution < -0.4 is 19.9 Å². The lowest BCUT2D eigenvalue weighted by atomic mass is 10.1. The molecule has 0 saturated heterocycles. The third-order valence-electron chi connectivity index (χ3n) is 7.22. The first-order valence-electron chi connectivity index (χ1n) is 14.3. The maximum absolute atomic E-state index is 13.6. The number of aromatic nitrogens is 2. The van der Waals surface area contributed by atoms with Gasteiger partial charge in [-0.05, 0) is 36.1 Å². The Kier molecular flexibility index (Phi) is 9.88. The average Bonchev–Trinajstić information content (AvgIpc) is 3.31. The van der Waals surface area contributed by atoms with E-state index in [0.29, 0.717) is 36.8 Å². The first-order valence-corrected chi connectivity index (χ1v) is 14.7. The van der Waals surface area contributed by atoms with E-state index in [9.17, 15) is 9.59 Å². The summed E-state index contributed by atoms with van der Waals surface area (Å²) in [6, 6.07) is 25.3. The van der Waals surface area contributed by atoms with E-state index in [1.807, 2.05) is 72.9 Å². The zero-order chi connectivity index (χ0) is 29.3. The number of unbranched alkanes of at least 4 members (excludes halogenated alkanes) is 3. The molecule has 3 aromatic carbocycles. The van der Waals surface area contributed by atoms with Gasteiger partial charge in [0.2, 0.25) is 0 Å². The third-order valence-corrected chi connectivity index (χ3v) is 7.51. The SMILES string of the molecule is [B]C(=O)NCCCCCCOc1ccc(CC2Nc3c(Cc4ccccc4)nc(-c4ccccc4)c[n+]3C2=O)cc1Cl. The summed E-state index contributed by atoms with van der Waals surface area (Å²) in [7, 11) is 5.07. The molecule has 1 aliphatic heterocycles. The van der Waals surface area contributed by atoms with Crippen LogP contribution in [0.1, 0.15) is 47.3 Å². The Balaban J connectivity index is 1.24.